The van der Waals surface area contributed by atoms with Crippen molar-refractivity contribution in [1.82, 2.24) is 20.0 Å². The summed E-state index contributed by atoms with van der Waals surface area (Å²) < 4.78 is 15.0. The van der Waals surface area contributed by atoms with Crippen LogP contribution < -0.4 is 5.32 Å². The molecule has 4 rings (SSSR count). The van der Waals surface area contributed by atoms with Crippen molar-refractivity contribution in [3.8, 4) is 5.69 Å². The maximum atomic E-state index is 13.4. The number of aromatic nitrogens is 2. The Labute approximate surface area is 161 Å². The minimum absolute atomic E-state index is 0.0603. The number of carbonyl (C=O) groups is 2. The Balaban J connectivity index is 1.44. The van der Waals surface area contributed by atoms with Crippen LogP contribution in [-0.4, -0.2) is 39.1 Å². The summed E-state index contributed by atoms with van der Waals surface area (Å²) in [5.41, 5.74) is 1.89. The lowest BCUT2D eigenvalue weighted by atomic mass is 10.1. The first kappa shape index (κ1) is 17.9. The van der Waals surface area contributed by atoms with Gasteiger partial charge in [0.05, 0.1) is 17.3 Å². The molecule has 1 aliphatic heterocycles. The molecule has 7 heteroatoms. The van der Waals surface area contributed by atoms with Crippen LogP contribution in [0.15, 0.2) is 67.0 Å². The van der Waals surface area contributed by atoms with Crippen LogP contribution in [0.3, 0.4) is 0 Å². The van der Waals surface area contributed by atoms with Crippen molar-refractivity contribution in [2.45, 2.75) is 19.0 Å². The van der Waals surface area contributed by atoms with Crippen LogP contribution in [0.4, 0.5) is 4.39 Å². The molecule has 6 nitrogen and oxygen atoms in total. The Morgan fingerprint density at radius 1 is 1.18 bits per heavy atom. The van der Waals surface area contributed by atoms with Gasteiger partial charge in [-0.05, 0) is 35.9 Å². The van der Waals surface area contributed by atoms with Gasteiger partial charge in [0, 0.05) is 31.9 Å². The van der Waals surface area contributed by atoms with Gasteiger partial charge in [0.25, 0.3) is 5.91 Å². The molecule has 1 N–H and O–H groups in total. The van der Waals surface area contributed by atoms with Crippen molar-refractivity contribution in [2.24, 2.45) is 0 Å². The van der Waals surface area contributed by atoms with E-state index in [1.165, 1.54) is 12.1 Å². The van der Waals surface area contributed by atoms with Crippen LogP contribution in [0, 0.1) is 5.82 Å². The number of para-hydroxylation sites is 1. The van der Waals surface area contributed by atoms with E-state index in [9.17, 15) is 14.0 Å². The molecule has 2 amide bonds. The third kappa shape index (κ3) is 3.78. The quantitative estimate of drug-likeness (QED) is 0.742. The van der Waals surface area contributed by atoms with E-state index < -0.39 is 0 Å². The molecule has 0 saturated carbocycles. The van der Waals surface area contributed by atoms with Gasteiger partial charge in [-0.15, -0.1) is 0 Å². The number of hydrogen-bond acceptors (Lipinski definition) is 3. The summed E-state index contributed by atoms with van der Waals surface area (Å²) in [7, 11) is 0. The molecule has 1 fully saturated rings. The summed E-state index contributed by atoms with van der Waals surface area (Å²) >= 11 is 0. The van der Waals surface area contributed by atoms with E-state index in [1.807, 2.05) is 12.1 Å². The largest absolute Gasteiger partial charge is 0.347 e. The van der Waals surface area contributed by atoms with Gasteiger partial charge in [0.2, 0.25) is 5.91 Å². The molecule has 2 heterocycles. The molecule has 0 spiro atoms. The standard InChI is InChI=1S/C21H19FN4O2/c22-16-6-3-5-15(11-16)13-25-14-17(12-20(25)27)24-21(28)18-7-1-2-8-19(18)26-10-4-9-23-26/h1-11,17H,12-14H2,(H,24,28)/t17-/m0/s1. The Morgan fingerprint density at radius 2 is 2.04 bits per heavy atom. The fourth-order valence-electron chi connectivity index (χ4n) is 3.42. The van der Waals surface area contributed by atoms with Crippen LogP contribution in [0.25, 0.3) is 5.69 Å². The highest BCUT2D eigenvalue weighted by Gasteiger charge is 2.31. The van der Waals surface area contributed by atoms with E-state index in [2.05, 4.69) is 10.4 Å². The Morgan fingerprint density at radius 3 is 2.82 bits per heavy atom. The Hall–Kier alpha value is -3.48. The molecule has 2 aromatic carbocycles. The van der Waals surface area contributed by atoms with Gasteiger partial charge in [-0.3, -0.25) is 9.59 Å². The maximum absolute atomic E-state index is 13.4. The van der Waals surface area contributed by atoms with E-state index in [0.29, 0.717) is 24.3 Å². The average molecular weight is 378 g/mol. The van der Waals surface area contributed by atoms with Gasteiger partial charge in [0.1, 0.15) is 5.82 Å². The minimum Gasteiger partial charge on any atom is -0.347 e. The van der Waals surface area contributed by atoms with Crippen molar-refractivity contribution in [3.05, 3.63) is 83.9 Å². The van der Waals surface area contributed by atoms with E-state index in [1.54, 1.807) is 52.3 Å². The molecular weight excluding hydrogens is 359 g/mol. The number of benzene rings is 2. The minimum atomic E-state index is -0.329. The number of hydrogen-bond donors (Lipinski definition) is 1. The van der Waals surface area contributed by atoms with Gasteiger partial charge in [-0.25, -0.2) is 9.07 Å². The van der Waals surface area contributed by atoms with E-state index >= 15 is 0 Å². The van der Waals surface area contributed by atoms with E-state index in [0.717, 1.165) is 5.56 Å². The zero-order valence-corrected chi connectivity index (χ0v) is 15.1. The zero-order valence-electron chi connectivity index (χ0n) is 15.1. The molecule has 0 unspecified atom stereocenters. The summed E-state index contributed by atoms with van der Waals surface area (Å²) in [4.78, 5) is 26.8. The highest BCUT2D eigenvalue weighted by Crippen LogP contribution is 2.18. The second-order valence-electron chi connectivity index (χ2n) is 6.75. The van der Waals surface area contributed by atoms with Crippen molar-refractivity contribution < 1.29 is 14.0 Å². The monoisotopic (exact) mass is 378 g/mol. The first-order chi connectivity index (χ1) is 13.6. The molecule has 0 bridgehead atoms. The lowest BCUT2D eigenvalue weighted by molar-refractivity contribution is -0.128. The molecule has 3 aromatic rings. The molecule has 0 aliphatic carbocycles. The molecular formula is C21H19FN4O2. The topological polar surface area (TPSA) is 67.2 Å². The van der Waals surface area contributed by atoms with Crippen molar-refractivity contribution >= 4 is 11.8 Å². The third-order valence-corrected chi connectivity index (χ3v) is 4.71. The SMILES string of the molecule is O=C(N[C@H]1CC(=O)N(Cc2cccc(F)c2)C1)c1ccccc1-n1cccn1. The van der Waals surface area contributed by atoms with Gasteiger partial charge in [0.15, 0.2) is 0 Å². The van der Waals surface area contributed by atoms with Crippen LogP contribution >= 0.6 is 0 Å². The highest BCUT2D eigenvalue weighted by atomic mass is 19.1. The summed E-state index contributed by atoms with van der Waals surface area (Å²) in [6.07, 6.45) is 3.64. The highest BCUT2D eigenvalue weighted by molar-refractivity contribution is 5.98. The summed E-state index contributed by atoms with van der Waals surface area (Å²) in [5.74, 6) is -0.643. The number of halogens is 1. The van der Waals surface area contributed by atoms with Crippen molar-refractivity contribution in [2.75, 3.05) is 6.54 Å². The first-order valence-corrected chi connectivity index (χ1v) is 9.02. The Kier molecular flexibility index (Phi) is 4.89. The van der Waals surface area contributed by atoms with Crippen LogP contribution in [0.5, 0.6) is 0 Å². The second kappa shape index (κ2) is 7.64. The molecule has 1 atom stereocenters. The summed E-state index contributed by atoms with van der Waals surface area (Å²) in [6.45, 7) is 0.720. The normalized spacial score (nSPS) is 16.4. The molecule has 1 aliphatic rings. The second-order valence-corrected chi connectivity index (χ2v) is 6.75. The number of nitrogens with zero attached hydrogens (tertiary/aromatic N) is 3. The van der Waals surface area contributed by atoms with Crippen molar-refractivity contribution in [3.63, 3.8) is 0 Å². The molecule has 142 valence electrons. The summed E-state index contributed by atoms with van der Waals surface area (Å²) in [5, 5.41) is 7.12. The average Bonchev–Trinajstić information content (AvgIpc) is 3.32. The van der Waals surface area contributed by atoms with E-state index in [4.69, 9.17) is 0 Å². The number of carbonyl (C=O) groups excluding carboxylic acids is 2. The number of amides is 2. The zero-order chi connectivity index (χ0) is 19.5. The van der Waals surface area contributed by atoms with Crippen LogP contribution in [0.2, 0.25) is 0 Å². The third-order valence-electron chi connectivity index (χ3n) is 4.71. The molecule has 0 radical (unpaired) electrons. The maximum Gasteiger partial charge on any atom is 0.253 e. The number of likely N-dealkylation sites (tertiary alicyclic amines) is 1. The van der Waals surface area contributed by atoms with Gasteiger partial charge < -0.3 is 10.2 Å². The smallest absolute Gasteiger partial charge is 0.253 e. The van der Waals surface area contributed by atoms with Crippen LogP contribution in [-0.2, 0) is 11.3 Å². The van der Waals surface area contributed by atoms with Gasteiger partial charge >= 0.3 is 0 Å². The lowest BCUT2D eigenvalue weighted by Gasteiger charge is -2.18. The fraction of sp³-hybridized carbons (Fsp3) is 0.190. The molecule has 1 aromatic heterocycles. The molecule has 28 heavy (non-hydrogen) atoms. The summed E-state index contributed by atoms with van der Waals surface area (Å²) in [6, 6.07) is 14.9. The van der Waals surface area contributed by atoms with E-state index in [-0.39, 0.29) is 30.1 Å². The fourth-order valence-corrected chi connectivity index (χ4v) is 3.42. The van der Waals surface area contributed by atoms with Crippen LogP contribution in [0.1, 0.15) is 22.3 Å². The van der Waals surface area contributed by atoms with Crippen molar-refractivity contribution in [1.29, 1.82) is 0 Å². The predicted octanol–water partition coefficient (Wildman–Crippen LogP) is 2.54. The number of nitrogens with one attached hydrogen (secondary N) is 1. The van der Waals surface area contributed by atoms with Gasteiger partial charge in [-0.1, -0.05) is 24.3 Å². The Bertz CT molecular complexity index is 1000. The molecule has 1 saturated heterocycles. The lowest BCUT2D eigenvalue weighted by Crippen LogP contribution is -2.37. The van der Waals surface area contributed by atoms with Gasteiger partial charge in [-0.2, -0.15) is 5.10 Å². The number of rotatable bonds is 5. The first-order valence-electron chi connectivity index (χ1n) is 9.02. The predicted molar refractivity (Wildman–Crippen MR) is 101 cm³/mol.